The predicted octanol–water partition coefficient (Wildman–Crippen LogP) is 4.28. The second-order valence-corrected chi connectivity index (χ2v) is 6.89. The van der Waals surface area contributed by atoms with E-state index in [0.29, 0.717) is 37.4 Å². The summed E-state index contributed by atoms with van der Waals surface area (Å²) in [5.41, 5.74) is 6.94. The zero-order valence-electron chi connectivity index (χ0n) is 14.0. The molecule has 0 aromatic heterocycles. The second kappa shape index (κ2) is 10.3. The third-order valence-electron chi connectivity index (χ3n) is 3.35. The van der Waals surface area contributed by atoms with Gasteiger partial charge in [-0.15, -0.1) is 0 Å². The molecular formula is C16H26ClNO4P+. The molecule has 7 heteroatoms. The summed E-state index contributed by atoms with van der Waals surface area (Å²) < 4.78 is 29.0. The molecule has 0 aliphatic heterocycles. The molecule has 0 bridgehead atoms. The molecule has 0 heterocycles. The van der Waals surface area contributed by atoms with Crippen molar-refractivity contribution in [1.29, 1.82) is 0 Å². The van der Waals surface area contributed by atoms with Gasteiger partial charge >= 0.3 is 14.0 Å². The highest BCUT2D eigenvalue weighted by atomic mass is 35.5. The average molecular weight is 363 g/mol. The lowest BCUT2D eigenvalue weighted by Gasteiger charge is -2.30. The fourth-order valence-electron chi connectivity index (χ4n) is 2.28. The van der Waals surface area contributed by atoms with E-state index in [-0.39, 0.29) is 5.92 Å². The molecule has 2 unspecified atom stereocenters. The van der Waals surface area contributed by atoms with Crippen LogP contribution in [-0.4, -0.2) is 31.9 Å². The molecule has 0 saturated heterocycles. The van der Waals surface area contributed by atoms with E-state index in [1.54, 1.807) is 6.92 Å². The zero-order chi connectivity index (χ0) is 17.3. The third kappa shape index (κ3) is 6.46. The lowest BCUT2D eigenvalue weighted by Crippen LogP contribution is -2.40. The Morgan fingerprint density at radius 2 is 1.74 bits per heavy atom. The molecule has 0 saturated carbocycles. The Morgan fingerprint density at radius 1 is 1.17 bits per heavy atom. The van der Waals surface area contributed by atoms with Gasteiger partial charge in [-0.2, -0.15) is 0 Å². The fourth-order valence-corrected chi connectivity index (χ4v) is 3.03. The molecule has 0 aliphatic carbocycles. The minimum Gasteiger partial charge on any atom is -0.330 e. The maximum Gasteiger partial charge on any atom is 0.513 e. The monoisotopic (exact) mass is 362 g/mol. The number of hydrogen-bond donors (Lipinski definition) is 1. The van der Waals surface area contributed by atoms with Crippen molar-refractivity contribution in [3.63, 3.8) is 0 Å². The Labute approximate surface area is 144 Å². The molecule has 2 atom stereocenters. The van der Waals surface area contributed by atoms with E-state index in [4.69, 9.17) is 31.3 Å². The largest absolute Gasteiger partial charge is 0.513 e. The first-order chi connectivity index (χ1) is 11.0. The molecule has 23 heavy (non-hydrogen) atoms. The normalized spacial score (nSPS) is 13.9. The number of benzene rings is 1. The first-order valence-corrected chi connectivity index (χ1v) is 9.61. The van der Waals surface area contributed by atoms with Crippen molar-refractivity contribution < 1.29 is 18.6 Å². The van der Waals surface area contributed by atoms with Gasteiger partial charge in [-0.1, -0.05) is 28.3 Å². The van der Waals surface area contributed by atoms with E-state index in [2.05, 4.69) is 0 Å². The smallest absolute Gasteiger partial charge is 0.330 e. The van der Waals surface area contributed by atoms with Crippen molar-refractivity contribution in [3.8, 4) is 0 Å². The van der Waals surface area contributed by atoms with Crippen LogP contribution in [0.3, 0.4) is 0 Å². The van der Waals surface area contributed by atoms with Crippen LogP contribution in [0.4, 0.5) is 0 Å². The standard InChI is InChI=1S/C16H26ClNO4P/c1-4-20-16(21-5-2,22-23(19)6-3)11-14(12-18)13-7-9-15(17)10-8-13/h7-10,14H,4-6,11-12,18H2,1-3H3/q+1. The van der Waals surface area contributed by atoms with Crippen LogP contribution < -0.4 is 5.73 Å². The van der Waals surface area contributed by atoms with Crippen LogP contribution in [-0.2, 0) is 18.6 Å². The first-order valence-electron chi connectivity index (χ1n) is 7.87. The maximum atomic E-state index is 11.9. The molecule has 130 valence electrons. The van der Waals surface area contributed by atoms with Crippen LogP contribution in [0, 0.1) is 0 Å². The van der Waals surface area contributed by atoms with Gasteiger partial charge < -0.3 is 15.2 Å². The molecular weight excluding hydrogens is 337 g/mol. The van der Waals surface area contributed by atoms with Crippen molar-refractivity contribution in [2.75, 3.05) is 25.9 Å². The number of hydrogen-bond acceptors (Lipinski definition) is 5. The average Bonchev–Trinajstić information content (AvgIpc) is 2.54. The van der Waals surface area contributed by atoms with E-state index in [1.165, 1.54) is 0 Å². The summed E-state index contributed by atoms with van der Waals surface area (Å²) in [4.78, 5) is 0. The topological polar surface area (TPSA) is 70.8 Å². The molecule has 2 N–H and O–H groups in total. The first kappa shape index (κ1) is 20.5. The van der Waals surface area contributed by atoms with E-state index >= 15 is 0 Å². The quantitative estimate of drug-likeness (QED) is 0.470. The second-order valence-electron chi connectivity index (χ2n) is 4.98. The number of rotatable bonds is 11. The minimum absolute atomic E-state index is 0.0642. The maximum absolute atomic E-state index is 11.9. The van der Waals surface area contributed by atoms with Gasteiger partial charge in [0.25, 0.3) is 0 Å². The van der Waals surface area contributed by atoms with Crippen LogP contribution in [0.1, 0.15) is 38.7 Å². The molecule has 5 nitrogen and oxygen atoms in total. The predicted molar refractivity (Wildman–Crippen MR) is 93.1 cm³/mol. The van der Waals surface area contributed by atoms with Crippen LogP contribution in [0.5, 0.6) is 0 Å². The molecule has 0 amide bonds. The van der Waals surface area contributed by atoms with E-state index in [1.807, 2.05) is 38.1 Å². The van der Waals surface area contributed by atoms with Gasteiger partial charge in [0.2, 0.25) is 0 Å². The van der Waals surface area contributed by atoms with Crippen molar-refractivity contribution >= 4 is 19.6 Å². The van der Waals surface area contributed by atoms with Crippen LogP contribution in [0.25, 0.3) is 0 Å². The Balaban J connectivity index is 3.03. The van der Waals surface area contributed by atoms with Crippen molar-refractivity contribution in [2.45, 2.75) is 39.1 Å². The Hall–Kier alpha value is -0.550. The molecule has 0 aliphatic rings. The molecule has 1 rings (SSSR count). The Bertz CT molecular complexity index is 477. The van der Waals surface area contributed by atoms with E-state index in [9.17, 15) is 4.57 Å². The number of nitrogens with two attached hydrogens (primary N) is 1. The van der Waals surface area contributed by atoms with E-state index < -0.39 is 14.0 Å². The summed E-state index contributed by atoms with van der Waals surface area (Å²) in [5.74, 6) is -1.41. The van der Waals surface area contributed by atoms with Crippen LogP contribution in [0.2, 0.25) is 5.02 Å². The summed E-state index contributed by atoms with van der Waals surface area (Å²) in [7, 11) is -1.86. The lowest BCUT2D eigenvalue weighted by atomic mass is 9.94. The summed E-state index contributed by atoms with van der Waals surface area (Å²) in [6.07, 6.45) is 0.749. The zero-order valence-corrected chi connectivity index (χ0v) is 15.6. The van der Waals surface area contributed by atoms with Crippen molar-refractivity contribution in [3.05, 3.63) is 34.9 Å². The SMILES string of the molecule is CCOC(CC(CN)c1ccc(Cl)cc1)(OCC)O[P+](=O)CC. The van der Waals surface area contributed by atoms with Crippen molar-refractivity contribution in [2.24, 2.45) is 5.73 Å². The Morgan fingerprint density at radius 3 is 2.17 bits per heavy atom. The van der Waals surface area contributed by atoms with Gasteiger partial charge in [-0.05, 0) is 49.6 Å². The van der Waals surface area contributed by atoms with Gasteiger partial charge in [0.15, 0.2) is 6.16 Å². The summed E-state index contributed by atoms with van der Waals surface area (Å²) in [5, 5.41) is 0.663. The summed E-state index contributed by atoms with van der Waals surface area (Å²) in [6.45, 7) is 6.62. The van der Waals surface area contributed by atoms with Crippen molar-refractivity contribution in [1.82, 2.24) is 0 Å². The molecule has 0 spiro atoms. The fraction of sp³-hybridized carbons (Fsp3) is 0.625. The molecule has 0 fully saturated rings. The highest BCUT2D eigenvalue weighted by Crippen LogP contribution is 2.38. The number of ether oxygens (including phenoxy) is 2. The van der Waals surface area contributed by atoms with Gasteiger partial charge in [-0.3, -0.25) is 0 Å². The summed E-state index contributed by atoms with van der Waals surface area (Å²) >= 11 is 5.94. The van der Waals surface area contributed by atoms with Gasteiger partial charge in [0, 0.05) is 30.6 Å². The highest BCUT2D eigenvalue weighted by Gasteiger charge is 2.44. The molecule has 0 radical (unpaired) electrons. The van der Waals surface area contributed by atoms with E-state index in [0.717, 1.165) is 5.56 Å². The molecule has 1 aromatic carbocycles. The third-order valence-corrected chi connectivity index (χ3v) is 4.60. The minimum atomic E-state index is -1.86. The Kier molecular flexibility index (Phi) is 9.22. The van der Waals surface area contributed by atoms with Gasteiger partial charge in [-0.25, -0.2) is 0 Å². The molecule has 1 aromatic rings. The highest BCUT2D eigenvalue weighted by molar-refractivity contribution is 7.39. The van der Waals surface area contributed by atoms with Gasteiger partial charge in [0.05, 0.1) is 0 Å². The van der Waals surface area contributed by atoms with Crippen LogP contribution in [0.15, 0.2) is 24.3 Å². The number of halogens is 1. The summed E-state index contributed by atoms with van der Waals surface area (Å²) in [6, 6.07) is 7.47. The van der Waals surface area contributed by atoms with Crippen LogP contribution >= 0.6 is 19.6 Å². The van der Waals surface area contributed by atoms with Gasteiger partial charge in [0.1, 0.15) is 0 Å². The lowest BCUT2D eigenvalue weighted by molar-refractivity contribution is -0.343.